The number of carbonyl (C=O) groups is 1. The lowest BCUT2D eigenvalue weighted by Gasteiger charge is -2.16. The van der Waals surface area contributed by atoms with Crippen LogP contribution in [0.5, 0.6) is 0 Å². The van der Waals surface area contributed by atoms with Crippen LogP contribution < -0.4 is 5.32 Å². The van der Waals surface area contributed by atoms with Crippen molar-refractivity contribution in [3.63, 3.8) is 0 Å². The van der Waals surface area contributed by atoms with Crippen molar-refractivity contribution in [2.24, 2.45) is 0 Å². The van der Waals surface area contributed by atoms with E-state index >= 15 is 0 Å². The van der Waals surface area contributed by atoms with Gasteiger partial charge in [0.25, 0.3) is 5.91 Å². The quantitative estimate of drug-likeness (QED) is 0.887. The number of nitrogens with one attached hydrogen (secondary N) is 1. The summed E-state index contributed by atoms with van der Waals surface area (Å²) < 4.78 is 31.6. The van der Waals surface area contributed by atoms with E-state index in [4.69, 9.17) is 4.74 Å². The first-order valence-corrected chi connectivity index (χ1v) is 9.65. The Labute approximate surface area is 136 Å². The molecule has 0 unspecified atom stereocenters. The van der Waals surface area contributed by atoms with Gasteiger partial charge in [0.2, 0.25) is 10.0 Å². The summed E-state index contributed by atoms with van der Waals surface area (Å²) in [6.45, 7) is 1.84. The van der Waals surface area contributed by atoms with Crippen molar-refractivity contribution in [2.75, 3.05) is 25.0 Å². The highest BCUT2D eigenvalue weighted by molar-refractivity contribution is 7.88. The predicted molar refractivity (Wildman–Crippen MR) is 87.5 cm³/mol. The van der Waals surface area contributed by atoms with Gasteiger partial charge in [0.1, 0.15) is 6.10 Å². The lowest BCUT2D eigenvalue weighted by Crippen LogP contribution is -2.29. The molecule has 2 aliphatic rings. The van der Waals surface area contributed by atoms with Gasteiger partial charge >= 0.3 is 0 Å². The summed E-state index contributed by atoms with van der Waals surface area (Å²) in [5.74, 6) is -0.196. The first-order valence-electron chi connectivity index (χ1n) is 8.04. The average Bonchev–Trinajstić information content (AvgIpc) is 3.21. The van der Waals surface area contributed by atoms with Crippen LogP contribution in [-0.4, -0.2) is 44.4 Å². The third-order valence-corrected chi connectivity index (χ3v) is 6.07. The van der Waals surface area contributed by atoms with Gasteiger partial charge in [0, 0.05) is 25.4 Å². The third-order valence-electron chi connectivity index (χ3n) is 4.22. The molecule has 0 saturated carbocycles. The molecule has 1 amide bonds. The molecule has 0 spiro atoms. The summed E-state index contributed by atoms with van der Waals surface area (Å²) in [6, 6.07) is 7.02. The Hall–Kier alpha value is -1.44. The fraction of sp³-hybridized carbons (Fsp3) is 0.562. The second-order valence-corrected chi connectivity index (χ2v) is 8.02. The van der Waals surface area contributed by atoms with Gasteiger partial charge in [-0.05, 0) is 43.4 Å². The Kier molecular flexibility index (Phi) is 4.99. The van der Waals surface area contributed by atoms with E-state index in [1.165, 1.54) is 0 Å². The molecule has 6 nitrogen and oxygen atoms in total. The molecule has 2 saturated heterocycles. The van der Waals surface area contributed by atoms with Crippen molar-refractivity contribution in [3.05, 3.63) is 29.8 Å². The molecule has 0 bridgehead atoms. The topological polar surface area (TPSA) is 75.7 Å². The van der Waals surface area contributed by atoms with E-state index in [1.807, 2.05) is 0 Å². The number of hydrogen-bond donors (Lipinski definition) is 1. The van der Waals surface area contributed by atoms with Crippen LogP contribution in [-0.2, 0) is 25.3 Å². The SMILES string of the molecule is O=C(Nc1cccc(CS(=O)(=O)N2CCCC2)c1)[C@@H]1CCCO1. The Morgan fingerprint density at radius 1 is 1.26 bits per heavy atom. The summed E-state index contributed by atoms with van der Waals surface area (Å²) in [6.07, 6.45) is 3.08. The van der Waals surface area contributed by atoms with E-state index in [9.17, 15) is 13.2 Å². The molecular formula is C16H22N2O4S. The molecule has 1 aromatic carbocycles. The van der Waals surface area contributed by atoms with Crippen molar-refractivity contribution < 1.29 is 17.9 Å². The lowest BCUT2D eigenvalue weighted by atomic mass is 10.2. The third kappa shape index (κ3) is 4.10. The Morgan fingerprint density at radius 3 is 2.74 bits per heavy atom. The van der Waals surface area contributed by atoms with Gasteiger partial charge in [-0.25, -0.2) is 12.7 Å². The monoisotopic (exact) mass is 338 g/mol. The van der Waals surface area contributed by atoms with E-state index in [0.29, 0.717) is 30.9 Å². The molecule has 2 aliphatic heterocycles. The highest BCUT2D eigenvalue weighted by atomic mass is 32.2. The van der Waals surface area contributed by atoms with Gasteiger partial charge in [0.15, 0.2) is 0 Å². The van der Waals surface area contributed by atoms with Crippen LogP contribution in [0.4, 0.5) is 5.69 Å². The minimum atomic E-state index is -3.28. The van der Waals surface area contributed by atoms with Gasteiger partial charge in [-0.15, -0.1) is 0 Å². The maximum Gasteiger partial charge on any atom is 0.253 e. The zero-order valence-corrected chi connectivity index (χ0v) is 13.8. The lowest BCUT2D eigenvalue weighted by molar-refractivity contribution is -0.124. The molecule has 1 aromatic rings. The summed E-state index contributed by atoms with van der Waals surface area (Å²) in [4.78, 5) is 12.1. The summed E-state index contributed by atoms with van der Waals surface area (Å²) >= 11 is 0. The Bertz CT molecular complexity index is 662. The smallest absolute Gasteiger partial charge is 0.253 e. The number of benzene rings is 1. The average molecular weight is 338 g/mol. The number of hydrogen-bond acceptors (Lipinski definition) is 4. The van der Waals surface area contributed by atoms with E-state index in [1.54, 1.807) is 28.6 Å². The van der Waals surface area contributed by atoms with Gasteiger partial charge in [0.05, 0.1) is 5.75 Å². The first-order chi connectivity index (χ1) is 11.0. The summed E-state index contributed by atoms with van der Waals surface area (Å²) in [7, 11) is -3.28. The molecule has 7 heteroatoms. The maximum atomic E-state index is 12.4. The molecule has 0 radical (unpaired) electrons. The van der Waals surface area contributed by atoms with Crippen LogP contribution in [0.15, 0.2) is 24.3 Å². The van der Waals surface area contributed by atoms with Crippen molar-refractivity contribution in [2.45, 2.75) is 37.5 Å². The zero-order chi connectivity index (χ0) is 16.3. The van der Waals surface area contributed by atoms with E-state index in [0.717, 1.165) is 25.7 Å². The minimum absolute atomic E-state index is 0.0311. The fourth-order valence-electron chi connectivity index (χ4n) is 3.01. The Morgan fingerprint density at radius 2 is 2.04 bits per heavy atom. The Balaban J connectivity index is 1.66. The number of nitrogens with zero attached hydrogens (tertiary/aromatic N) is 1. The molecule has 1 atom stereocenters. The second kappa shape index (κ2) is 6.98. The van der Waals surface area contributed by atoms with Gasteiger partial charge < -0.3 is 10.1 Å². The molecule has 1 N–H and O–H groups in total. The van der Waals surface area contributed by atoms with Crippen LogP contribution >= 0.6 is 0 Å². The molecule has 3 rings (SSSR count). The number of carbonyl (C=O) groups excluding carboxylic acids is 1. The molecule has 2 fully saturated rings. The first kappa shape index (κ1) is 16.4. The highest BCUT2D eigenvalue weighted by Gasteiger charge is 2.26. The highest BCUT2D eigenvalue weighted by Crippen LogP contribution is 2.20. The van der Waals surface area contributed by atoms with Crippen LogP contribution in [0.3, 0.4) is 0 Å². The van der Waals surface area contributed by atoms with Crippen LogP contribution in [0.2, 0.25) is 0 Å². The minimum Gasteiger partial charge on any atom is -0.368 e. The normalized spacial score (nSPS) is 22.3. The maximum absolute atomic E-state index is 12.4. The second-order valence-electron chi connectivity index (χ2n) is 6.05. The number of sulfonamides is 1. The fourth-order valence-corrected chi connectivity index (χ4v) is 4.61. The van der Waals surface area contributed by atoms with E-state index < -0.39 is 16.1 Å². The van der Waals surface area contributed by atoms with Crippen LogP contribution in [0.25, 0.3) is 0 Å². The number of rotatable bonds is 5. The molecule has 0 aromatic heterocycles. The van der Waals surface area contributed by atoms with Gasteiger partial charge in [-0.1, -0.05) is 12.1 Å². The van der Waals surface area contributed by atoms with Gasteiger partial charge in [-0.2, -0.15) is 0 Å². The molecular weight excluding hydrogens is 316 g/mol. The van der Waals surface area contributed by atoms with Crippen LogP contribution in [0.1, 0.15) is 31.2 Å². The van der Waals surface area contributed by atoms with Crippen LogP contribution in [0, 0.1) is 0 Å². The summed E-state index contributed by atoms with van der Waals surface area (Å²) in [5, 5.41) is 2.81. The summed E-state index contributed by atoms with van der Waals surface area (Å²) in [5.41, 5.74) is 1.29. The molecule has 126 valence electrons. The molecule has 2 heterocycles. The predicted octanol–water partition coefficient (Wildman–Crippen LogP) is 1.73. The largest absolute Gasteiger partial charge is 0.368 e. The van der Waals surface area contributed by atoms with Crippen molar-refractivity contribution in [1.82, 2.24) is 4.31 Å². The standard InChI is InChI=1S/C16H22N2O4S/c19-16(15-7-4-10-22-15)17-14-6-3-5-13(11-14)12-23(20,21)18-8-1-2-9-18/h3,5-6,11,15H,1-2,4,7-10,12H2,(H,17,19)/t15-/m0/s1. The van der Waals surface area contributed by atoms with Crippen molar-refractivity contribution in [3.8, 4) is 0 Å². The number of amides is 1. The van der Waals surface area contributed by atoms with E-state index in [-0.39, 0.29) is 11.7 Å². The van der Waals surface area contributed by atoms with Gasteiger partial charge in [-0.3, -0.25) is 4.79 Å². The zero-order valence-electron chi connectivity index (χ0n) is 13.0. The molecule has 0 aliphatic carbocycles. The van der Waals surface area contributed by atoms with Crippen molar-refractivity contribution >= 4 is 21.6 Å². The van der Waals surface area contributed by atoms with Crippen molar-refractivity contribution in [1.29, 1.82) is 0 Å². The molecule has 23 heavy (non-hydrogen) atoms. The van der Waals surface area contributed by atoms with E-state index in [2.05, 4.69) is 5.32 Å². The number of ether oxygens (including phenoxy) is 1. The number of anilines is 1.